The number of rotatable bonds is 45. The van der Waals surface area contributed by atoms with E-state index in [1.807, 2.05) is 6.08 Å². The molecule has 0 aromatic heterocycles. The number of aliphatic hydroxyl groups is 2. The van der Waals surface area contributed by atoms with E-state index in [1.54, 1.807) is 6.08 Å². The Hall–Kier alpha value is -1.65. The quantitative estimate of drug-likeness (QED) is 0.0425. The van der Waals surface area contributed by atoms with Crippen LogP contribution in [0.1, 0.15) is 258 Å². The van der Waals surface area contributed by atoms with Crippen LogP contribution < -0.4 is 5.32 Å². The smallest absolute Gasteiger partial charge is 0.220 e. The molecule has 56 heavy (non-hydrogen) atoms. The summed E-state index contributed by atoms with van der Waals surface area (Å²) >= 11 is 0. The number of hydrogen-bond acceptors (Lipinski definition) is 3. The van der Waals surface area contributed by atoms with Crippen LogP contribution in [0.4, 0.5) is 0 Å². The molecule has 0 fully saturated rings. The van der Waals surface area contributed by atoms with Crippen molar-refractivity contribution in [3.05, 3.63) is 48.6 Å². The van der Waals surface area contributed by atoms with Gasteiger partial charge in [-0.15, -0.1) is 0 Å². The van der Waals surface area contributed by atoms with E-state index in [4.69, 9.17) is 0 Å². The molecule has 4 nitrogen and oxygen atoms in total. The maximum absolute atomic E-state index is 12.4. The molecule has 0 saturated heterocycles. The first-order valence-corrected chi connectivity index (χ1v) is 24.9. The Morgan fingerprint density at radius 2 is 0.696 bits per heavy atom. The molecule has 4 heteroatoms. The lowest BCUT2D eigenvalue weighted by atomic mass is 10.0. The van der Waals surface area contributed by atoms with Crippen molar-refractivity contribution in [1.82, 2.24) is 5.32 Å². The second kappa shape index (κ2) is 47.7. The Kier molecular flexibility index (Phi) is 46.3. The molecule has 0 bridgehead atoms. The first-order valence-electron chi connectivity index (χ1n) is 24.9. The van der Waals surface area contributed by atoms with E-state index in [-0.39, 0.29) is 12.5 Å². The molecule has 0 saturated carbocycles. The summed E-state index contributed by atoms with van der Waals surface area (Å²) in [7, 11) is 0. The zero-order valence-electron chi connectivity index (χ0n) is 37.7. The zero-order chi connectivity index (χ0) is 40.7. The fourth-order valence-electron chi connectivity index (χ4n) is 7.44. The minimum Gasteiger partial charge on any atom is -0.394 e. The van der Waals surface area contributed by atoms with Crippen molar-refractivity contribution in [3.8, 4) is 0 Å². The van der Waals surface area contributed by atoms with Gasteiger partial charge in [-0.05, 0) is 70.6 Å². The summed E-state index contributed by atoms with van der Waals surface area (Å²) < 4.78 is 0. The Morgan fingerprint density at radius 3 is 1.04 bits per heavy atom. The van der Waals surface area contributed by atoms with Crippen LogP contribution in [0.3, 0.4) is 0 Å². The van der Waals surface area contributed by atoms with Gasteiger partial charge in [0.2, 0.25) is 5.91 Å². The van der Waals surface area contributed by atoms with E-state index >= 15 is 0 Å². The van der Waals surface area contributed by atoms with E-state index in [9.17, 15) is 15.0 Å². The molecule has 1 amide bonds. The average Bonchev–Trinajstić information content (AvgIpc) is 3.20. The third-order valence-electron chi connectivity index (χ3n) is 11.3. The lowest BCUT2D eigenvalue weighted by Crippen LogP contribution is -2.45. The monoisotopic (exact) mass is 784 g/mol. The normalized spacial score (nSPS) is 13.3. The molecule has 2 atom stereocenters. The fourth-order valence-corrected chi connectivity index (χ4v) is 7.44. The number of hydrogen-bond donors (Lipinski definition) is 3. The number of aliphatic hydroxyl groups excluding tert-OH is 2. The van der Waals surface area contributed by atoms with Gasteiger partial charge in [0, 0.05) is 6.42 Å². The summed E-state index contributed by atoms with van der Waals surface area (Å²) in [5, 5.41) is 23.0. The molecule has 0 aliphatic carbocycles. The van der Waals surface area contributed by atoms with Crippen molar-refractivity contribution >= 4 is 5.91 Å². The highest BCUT2D eigenvalue weighted by Crippen LogP contribution is 2.15. The highest BCUT2D eigenvalue weighted by molar-refractivity contribution is 5.76. The van der Waals surface area contributed by atoms with E-state index < -0.39 is 12.1 Å². The Labute approximate surface area is 350 Å². The molecule has 328 valence electrons. The molecule has 3 N–H and O–H groups in total. The summed E-state index contributed by atoms with van der Waals surface area (Å²) in [5.74, 6) is -0.0778. The standard InChI is InChI=1S/C52H97NO3/c1-3-5-7-9-11-13-15-17-19-21-22-23-24-25-26-27-28-29-30-32-34-36-38-40-42-44-46-48-52(56)53-50(49-54)51(55)47-45-43-41-39-37-35-33-31-20-18-16-14-12-10-8-6-4-2/h20,25-26,31,37,39,45,47,50-51,54-55H,3-19,21-24,27-30,32-36,38,40-44,46,48-49H2,1-2H3,(H,53,56)/b26-25-,31-20+,39-37+,47-45+. The summed E-state index contributed by atoms with van der Waals surface area (Å²) in [6, 6.07) is -0.646. The largest absolute Gasteiger partial charge is 0.394 e. The van der Waals surface area contributed by atoms with Crippen LogP contribution in [0.2, 0.25) is 0 Å². The average molecular weight is 784 g/mol. The number of carbonyl (C=O) groups excluding carboxylic acids is 1. The molecule has 2 unspecified atom stereocenters. The first-order chi connectivity index (χ1) is 27.7. The highest BCUT2D eigenvalue weighted by Gasteiger charge is 2.17. The zero-order valence-corrected chi connectivity index (χ0v) is 37.7. The number of carbonyl (C=O) groups is 1. The molecule has 0 aromatic rings. The minimum atomic E-state index is -0.870. The van der Waals surface area contributed by atoms with Gasteiger partial charge in [-0.1, -0.05) is 229 Å². The number of unbranched alkanes of at least 4 members (excludes halogenated alkanes) is 32. The van der Waals surface area contributed by atoms with Crippen LogP contribution in [0.5, 0.6) is 0 Å². The van der Waals surface area contributed by atoms with Gasteiger partial charge in [0.1, 0.15) is 0 Å². The number of amides is 1. The predicted molar refractivity (Wildman–Crippen MR) is 248 cm³/mol. The molecule has 0 rings (SSSR count). The maximum Gasteiger partial charge on any atom is 0.220 e. The second-order valence-electron chi connectivity index (χ2n) is 16.9. The van der Waals surface area contributed by atoms with E-state index in [1.165, 1.54) is 199 Å². The van der Waals surface area contributed by atoms with Gasteiger partial charge < -0.3 is 15.5 Å². The number of allylic oxidation sites excluding steroid dienone is 7. The van der Waals surface area contributed by atoms with Gasteiger partial charge in [0.05, 0.1) is 18.8 Å². The summed E-state index contributed by atoms with van der Waals surface area (Å²) in [6.07, 6.45) is 65.3. The van der Waals surface area contributed by atoms with Gasteiger partial charge in [0.25, 0.3) is 0 Å². The van der Waals surface area contributed by atoms with Crippen LogP contribution in [0, 0.1) is 0 Å². The van der Waals surface area contributed by atoms with Crippen molar-refractivity contribution in [2.45, 2.75) is 270 Å². The molecule has 0 heterocycles. The fraction of sp³-hybridized carbons (Fsp3) is 0.827. The summed E-state index contributed by atoms with van der Waals surface area (Å²) in [5.41, 5.74) is 0. The van der Waals surface area contributed by atoms with Crippen LogP contribution >= 0.6 is 0 Å². The van der Waals surface area contributed by atoms with Gasteiger partial charge in [-0.2, -0.15) is 0 Å². The highest BCUT2D eigenvalue weighted by atomic mass is 16.3. The molecular formula is C52H97NO3. The summed E-state index contributed by atoms with van der Waals surface area (Å²) in [4.78, 5) is 12.4. The Bertz CT molecular complexity index is 893. The topological polar surface area (TPSA) is 69.6 Å². The van der Waals surface area contributed by atoms with E-state index in [0.29, 0.717) is 6.42 Å². The Balaban J connectivity index is 3.55. The van der Waals surface area contributed by atoms with Crippen LogP contribution in [0.25, 0.3) is 0 Å². The second-order valence-corrected chi connectivity index (χ2v) is 16.9. The van der Waals surface area contributed by atoms with Gasteiger partial charge in [-0.25, -0.2) is 0 Å². The molecular weight excluding hydrogens is 687 g/mol. The molecule has 0 aromatic carbocycles. The van der Waals surface area contributed by atoms with Gasteiger partial charge in [-0.3, -0.25) is 4.79 Å². The van der Waals surface area contributed by atoms with Crippen molar-refractivity contribution < 1.29 is 15.0 Å². The lowest BCUT2D eigenvalue weighted by Gasteiger charge is -2.19. The van der Waals surface area contributed by atoms with Crippen molar-refractivity contribution in [3.63, 3.8) is 0 Å². The van der Waals surface area contributed by atoms with Crippen molar-refractivity contribution in [1.29, 1.82) is 0 Å². The molecule has 0 radical (unpaired) electrons. The van der Waals surface area contributed by atoms with Gasteiger partial charge in [0.15, 0.2) is 0 Å². The van der Waals surface area contributed by atoms with Crippen LogP contribution in [0.15, 0.2) is 48.6 Å². The lowest BCUT2D eigenvalue weighted by molar-refractivity contribution is -0.123. The first kappa shape index (κ1) is 54.3. The third kappa shape index (κ3) is 43.5. The molecule has 0 spiro atoms. The predicted octanol–water partition coefficient (Wildman–Crippen LogP) is 15.9. The summed E-state index contributed by atoms with van der Waals surface area (Å²) in [6.45, 7) is 4.30. The molecule has 0 aliphatic heterocycles. The van der Waals surface area contributed by atoms with Gasteiger partial charge >= 0.3 is 0 Å². The van der Waals surface area contributed by atoms with E-state index in [2.05, 4.69) is 55.6 Å². The van der Waals surface area contributed by atoms with Crippen LogP contribution in [-0.4, -0.2) is 34.9 Å². The number of nitrogens with one attached hydrogen (secondary N) is 1. The van der Waals surface area contributed by atoms with Crippen molar-refractivity contribution in [2.75, 3.05) is 6.61 Å². The minimum absolute atomic E-state index is 0.0778. The molecule has 0 aliphatic rings. The van der Waals surface area contributed by atoms with E-state index in [0.717, 1.165) is 38.5 Å². The Morgan fingerprint density at radius 1 is 0.411 bits per heavy atom. The van der Waals surface area contributed by atoms with Crippen LogP contribution in [-0.2, 0) is 4.79 Å². The van der Waals surface area contributed by atoms with Crippen molar-refractivity contribution in [2.24, 2.45) is 0 Å². The maximum atomic E-state index is 12.4. The third-order valence-corrected chi connectivity index (χ3v) is 11.3. The SMILES string of the molecule is CCCCCCCCC/C=C/CC/C=C/CC/C=C/C(O)C(CO)NC(=O)CCCCCCCCCCCCC/C=C\CCCCCCCCCCCCCC.